The summed E-state index contributed by atoms with van der Waals surface area (Å²) >= 11 is 0. The van der Waals surface area contributed by atoms with Gasteiger partial charge in [-0.25, -0.2) is 0 Å². The lowest BCUT2D eigenvalue weighted by Gasteiger charge is -2.10. The Bertz CT molecular complexity index is 962. The first-order chi connectivity index (χ1) is 14.2. The highest BCUT2D eigenvalue weighted by Gasteiger charge is 2.13. The fourth-order valence-corrected chi connectivity index (χ4v) is 3.05. The lowest BCUT2D eigenvalue weighted by atomic mass is 10.1. The topological polar surface area (TPSA) is 67.4 Å². The Labute approximate surface area is 171 Å². The minimum atomic E-state index is -0.684. The number of carbonyl (C=O) groups excluding carboxylic acids is 2. The zero-order valence-electron chi connectivity index (χ0n) is 16.6. The van der Waals surface area contributed by atoms with Gasteiger partial charge >= 0.3 is 11.8 Å². The van der Waals surface area contributed by atoms with Gasteiger partial charge in [0.2, 0.25) is 0 Å². The van der Waals surface area contributed by atoms with E-state index in [-0.39, 0.29) is 13.2 Å². The van der Waals surface area contributed by atoms with Crippen molar-refractivity contribution in [2.45, 2.75) is 26.2 Å². The number of benzene rings is 3. The number of hydrogen-bond acceptors (Lipinski definition) is 3. The largest absolute Gasteiger partial charge is 0.491 e. The summed E-state index contributed by atoms with van der Waals surface area (Å²) in [5, 5.41) is 7.31. The quantitative estimate of drug-likeness (QED) is 0.445. The maximum absolute atomic E-state index is 12.0. The first-order valence-corrected chi connectivity index (χ1v) is 9.96. The van der Waals surface area contributed by atoms with Crippen molar-refractivity contribution in [2.24, 2.45) is 0 Å². The SMILES string of the molecule is CCCCc1ccc(NC(=O)C(=O)NCCOc2cccc3ccccc23)cc1. The van der Waals surface area contributed by atoms with Crippen LogP contribution in [0.5, 0.6) is 5.75 Å². The number of hydrogen-bond donors (Lipinski definition) is 2. The summed E-state index contributed by atoms with van der Waals surface area (Å²) < 4.78 is 5.77. The molecule has 0 unspecified atom stereocenters. The second-order valence-corrected chi connectivity index (χ2v) is 6.84. The van der Waals surface area contributed by atoms with Crippen molar-refractivity contribution >= 4 is 28.3 Å². The van der Waals surface area contributed by atoms with Crippen LogP contribution in [0, 0.1) is 0 Å². The standard InChI is InChI=1S/C24H26N2O3/c1-2-3-7-18-12-14-20(15-13-18)26-24(28)23(27)25-16-17-29-22-11-6-9-19-8-4-5-10-21(19)22/h4-6,8-15H,2-3,7,16-17H2,1H3,(H,25,27)(H,26,28). The van der Waals surface area contributed by atoms with Gasteiger partial charge in [0, 0.05) is 11.1 Å². The Balaban J connectivity index is 1.43. The molecule has 0 saturated heterocycles. The van der Waals surface area contributed by atoms with Crippen molar-refractivity contribution in [3.63, 3.8) is 0 Å². The number of aryl methyl sites for hydroxylation is 1. The lowest BCUT2D eigenvalue weighted by Crippen LogP contribution is -2.37. The summed E-state index contributed by atoms with van der Waals surface area (Å²) in [6.07, 6.45) is 3.29. The molecule has 0 aliphatic rings. The Morgan fingerprint density at radius 2 is 1.66 bits per heavy atom. The Morgan fingerprint density at radius 1 is 0.897 bits per heavy atom. The van der Waals surface area contributed by atoms with Crippen LogP contribution in [0.3, 0.4) is 0 Å². The van der Waals surface area contributed by atoms with Gasteiger partial charge in [0.05, 0.1) is 6.54 Å². The number of carbonyl (C=O) groups is 2. The smallest absolute Gasteiger partial charge is 0.313 e. The van der Waals surface area contributed by atoms with Crippen molar-refractivity contribution in [1.82, 2.24) is 5.32 Å². The predicted octanol–water partition coefficient (Wildman–Crippen LogP) is 4.32. The molecule has 0 bridgehead atoms. The van der Waals surface area contributed by atoms with Crippen molar-refractivity contribution in [3.05, 3.63) is 72.3 Å². The molecule has 0 atom stereocenters. The molecule has 3 rings (SSSR count). The maximum Gasteiger partial charge on any atom is 0.313 e. The molecule has 29 heavy (non-hydrogen) atoms. The second kappa shape index (κ2) is 10.3. The van der Waals surface area contributed by atoms with E-state index in [1.807, 2.05) is 66.7 Å². The van der Waals surface area contributed by atoms with Crippen LogP contribution < -0.4 is 15.4 Å². The van der Waals surface area contributed by atoms with Crippen LogP contribution in [0.1, 0.15) is 25.3 Å². The molecule has 2 N–H and O–H groups in total. The molecule has 0 radical (unpaired) electrons. The molecule has 0 spiro atoms. The number of anilines is 1. The summed E-state index contributed by atoms with van der Waals surface area (Å²) in [7, 11) is 0. The van der Waals surface area contributed by atoms with Crippen LogP contribution >= 0.6 is 0 Å². The molecular weight excluding hydrogens is 364 g/mol. The third-order valence-corrected chi connectivity index (χ3v) is 4.63. The molecule has 5 nitrogen and oxygen atoms in total. The molecule has 3 aromatic rings. The number of nitrogens with one attached hydrogen (secondary N) is 2. The lowest BCUT2D eigenvalue weighted by molar-refractivity contribution is -0.136. The van der Waals surface area contributed by atoms with Crippen molar-refractivity contribution in [2.75, 3.05) is 18.5 Å². The number of ether oxygens (including phenoxy) is 1. The summed E-state index contributed by atoms with van der Waals surface area (Å²) in [5.74, 6) is -0.608. The zero-order chi connectivity index (χ0) is 20.5. The van der Waals surface area contributed by atoms with E-state index >= 15 is 0 Å². The third-order valence-electron chi connectivity index (χ3n) is 4.63. The molecule has 0 aliphatic carbocycles. The molecular formula is C24H26N2O3. The van der Waals surface area contributed by atoms with E-state index in [2.05, 4.69) is 17.6 Å². The van der Waals surface area contributed by atoms with Gasteiger partial charge in [-0.15, -0.1) is 0 Å². The average Bonchev–Trinajstić information content (AvgIpc) is 2.76. The zero-order valence-corrected chi connectivity index (χ0v) is 16.6. The normalized spacial score (nSPS) is 10.5. The Kier molecular flexibility index (Phi) is 7.22. The van der Waals surface area contributed by atoms with E-state index in [9.17, 15) is 9.59 Å². The molecule has 0 fully saturated rings. The highest BCUT2D eigenvalue weighted by molar-refractivity contribution is 6.39. The van der Waals surface area contributed by atoms with E-state index in [0.717, 1.165) is 35.8 Å². The van der Waals surface area contributed by atoms with Gasteiger partial charge in [0.25, 0.3) is 0 Å². The molecule has 150 valence electrons. The summed E-state index contributed by atoms with van der Waals surface area (Å²) in [4.78, 5) is 24.0. The predicted molar refractivity (Wildman–Crippen MR) is 116 cm³/mol. The van der Waals surface area contributed by atoms with E-state index in [4.69, 9.17) is 4.74 Å². The van der Waals surface area contributed by atoms with Gasteiger partial charge in [-0.1, -0.05) is 61.9 Å². The monoisotopic (exact) mass is 390 g/mol. The van der Waals surface area contributed by atoms with Gasteiger partial charge < -0.3 is 15.4 Å². The summed E-state index contributed by atoms with van der Waals surface area (Å²) in [6, 6.07) is 21.4. The fourth-order valence-electron chi connectivity index (χ4n) is 3.05. The van der Waals surface area contributed by atoms with Crippen LogP contribution in [0.15, 0.2) is 66.7 Å². The van der Waals surface area contributed by atoms with Gasteiger partial charge in [-0.3, -0.25) is 9.59 Å². The molecule has 0 heterocycles. The summed E-state index contributed by atoms with van der Waals surface area (Å²) in [5.41, 5.74) is 1.83. The first kappa shape index (κ1) is 20.4. The van der Waals surface area contributed by atoms with E-state index in [0.29, 0.717) is 5.69 Å². The van der Waals surface area contributed by atoms with Gasteiger partial charge in [-0.05, 0) is 42.0 Å². The third kappa shape index (κ3) is 5.82. The van der Waals surface area contributed by atoms with Crippen LogP contribution in [0.25, 0.3) is 10.8 Å². The first-order valence-electron chi connectivity index (χ1n) is 9.96. The molecule has 0 aromatic heterocycles. The maximum atomic E-state index is 12.0. The molecule has 0 aliphatic heterocycles. The number of unbranched alkanes of at least 4 members (excludes halogenated alkanes) is 1. The van der Waals surface area contributed by atoms with E-state index < -0.39 is 11.8 Å². The molecule has 0 saturated carbocycles. The van der Waals surface area contributed by atoms with E-state index in [1.54, 1.807) is 0 Å². The Morgan fingerprint density at radius 3 is 2.45 bits per heavy atom. The van der Waals surface area contributed by atoms with Crippen LogP contribution in [0.4, 0.5) is 5.69 Å². The number of rotatable bonds is 8. The second-order valence-electron chi connectivity index (χ2n) is 6.84. The Hall–Kier alpha value is -3.34. The minimum Gasteiger partial charge on any atom is -0.491 e. The van der Waals surface area contributed by atoms with Crippen molar-refractivity contribution in [3.8, 4) is 5.75 Å². The molecule has 5 heteroatoms. The van der Waals surface area contributed by atoms with Crippen LogP contribution in [0.2, 0.25) is 0 Å². The minimum absolute atomic E-state index is 0.241. The average molecular weight is 390 g/mol. The van der Waals surface area contributed by atoms with Crippen molar-refractivity contribution < 1.29 is 14.3 Å². The molecule has 3 aromatic carbocycles. The molecule has 2 amide bonds. The number of amides is 2. The van der Waals surface area contributed by atoms with Gasteiger partial charge in [0.1, 0.15) is 12.4 Å². The summed E-state index contributed by atoms with van der Waals surface area (Å²) in [6.45, 7) is 2.67. The highest BCUT2D eigenvalue weighted by Crippen LogP contribution is 2.24. The van der Waals surface area contributed by atoms with E-state index in [1.165, 1.54) is 5.56 Å². The highest BCUT2D eigenvalue weighted by atomic mass is 16.5. The fraction of sp³-hybridized carbons (Fsp3) is 0.250. The van der Waals surface area contributed by atoms with Crippen molar-refractivity contribution in [1.29, 1.82) is 0 Å². The van der Waals surface area contributed by atoms with Crippen LogP contribution in [-0.2, 0) is 16.0 Å². The number of fused-ring (bicyclic) bond motifs is 1. The van der Waals surface area contributed by atoms with Gasteiger partial charge in [0.15, 0.2) is 0 Å². The van der Waals surface area contributed by atoms with Crippen LogP contribution in [-0.4, -0.2) is 25.0 Å². The van der Waals surface area contributed by atoms with Gasteiger partial charge in [-0.2, -0.15) is 0 Å².